The van der Waals surface area contributed by atoms with E-state index in [0.29, 0.717) is 48.3 Å². The van der Waals surface area contributed by atoms with Crippen molar-refractivity contribution in [3.05, 3.63) is 69.5 Å². The molecule has 10 heteroatoms. The third-order valence-electron chi connectivity index (χ3n) is 4.98. The van der Waals surface area contributed by atoms with Crippen molar-refractivity contribution in [2.75, 3.05) is 31.5 Å². The summed E-state index contributed by atoms with van der Waals surface area (Å²) in [5, 5.41) is 11.4. The largest absolute Gasteiger partial charge is 0.449 e. The molecule has 0 atom stereocenters. The highest BCUT2D eigenvalue weighted by Crippen LogP contribution is 2.23. The molecule has 2 aromatic rings. The molecule has 0 aliphatic carbocycles. The third-order valence-corrected chi connectivity index (χ3v) is 5.76. The summed E-state index contributed by atoms with van der Waals surface area (Å²) in [4.78, 5) is 29.2. The quantitative estimate of drug-likeness (QED) is 0.274. The molecule has 0 bridgehead atoms. The highest BCUT2D eigenvalue weighted by molar-refractivity contribution is 9.10. The first-order chi connectivity index (χ1) is 16.6. The van der Waals surface area contributed by atoms with E-state index in [2.05, 4.69) is 21.2 Å². The van der Waals surface area contributed by atoms with Crippen LogP contribution < -0.4 is 10.1 Å². The Morgan fingerprint density at radius 2 is 1.57 bits per heavy atom. The molecule has 3 rings (SSSR count). The Balaban J connectivity index is 1.84. The fourth-order valence-electron chi connectivity index (χ4n) is 3.31. The van der Waals surface area contributed by atoms with E-state index in [1.54, 1.807) is 53.4 Å². The van der Waals surface area contributed by atoms with Gasteiger partial charge in [-0.3, -0.25) is 4.79 Å². The van der Waals surface area contributed by atoms with Gasteiger partial charge in [-0.25, -0.2) is 4.79 Å². The summed E-state index contributed by atoms with van der Waals surface area (Å²) in [5.74, 6) is -0.0903. The van der Waals surface area contributed by atoms with Crippen molar-refractivity contribution in [3.63, 3.8) is 0 Å². The molecule has 8 nitrogen and oxygen atoms in total. The molecule has 0 radical (unpaired) electrons. The first kappa shape index (κ1) is 26.6. The number of carbonyl (C=O) groups is 2. The fraction of sp³-hybridized carbons (Fsp3) is 0.320. The molecule has 1 aliphatic heterocycles. The first-order valence-corrected chi connectivity index (χ1v) is 12.2. The number of rotatable bonds is 6. The number of amides is 2. The number of benzene rings is 2. The zero-order valence-electron chi connectivity index (χ0n) is 19.8. The van der Waals surface area contributed by atoms with Crippen LogP contribution in [0.2, 0.25) is 5.02 Å². The van der Waals surface area contributed by atoms with Gasteiger partial charge in [-0.05, 0) is 69.3 Å². The molecule has 0 aromatic heterocycles. The zero-order valence-corrected chi connectivity index (χ0v) is 22.1. The Bertz CT molecular complexity index is 1090. The van der Waals surface area contributed by atoms with E-state index in [1.807, 2.05) is 25.7 Å². The molecule has 186 valence electrons. The molecule has 2 amide bonds. The summed E-state index contributed by atoms with van der Waals surface area (Å²) in [7, 11) is 0. The lowest BCUT2D eigenvalue weighted by molar-refractivity contribution is -0.115. The molecule has 1 heterocycles. The van der Waals surface area contributed by atoms with Crippen LogP contribution >= 0.6 is 27.5 Å². The van der Waals surface area contributed by atoms with Gasteiger partial charge in [0.1, 0.15) is 17.0 Å². The van der Waals surface area contributed by atoms with Gasteiger partial charge >= 0.3 is 6.09 Å². The highest BCUT2D eigenvalue weighted by Gasteiger charge is 2.29. The van der Waals surface area contributed by atoms with Crippen molar-refractivity contribution >= 4 is 51.4 Å². The number of ether oxygens (including phenoxy) is 2. The number of anilines is 1. The van der Waals surface area contributed by atoms with E-state index >= 15 is 0 Å². The SMILES string of the molecule is CC(C)(C)OC(=O)N1CCN(/C(C=N)=C(\Oc2ccc(Br)cc2)C(=O)Nc2ccc(Cl)cc2)CC1. The monoisotopic (exact) mass is 562 g/mol. The maximum absolute atomic E-state index is 13.3. The van der Waals surface area contributed by atoms with Crippen molar-refractivity contribution < 1.29 is 19.1 Å². The Labute approximate surface area is 218 Å². The van der Waals surface area contributed by atoms with Crippen LogP contribution in [0.1, 0.15) is 20.8 Å². The minimum atomic E-state index is -0.584. The Hall–Kier alpha value is -3.04. The van der Waals surface area contributed by atoms with E-state index in [9.17, 15) is 9.59 Å². The van der Waals surface area contributed by atoms with Crippen LogP contribution in [0, 0.1) is 5.41 Å². The second-order valence-corrected chi connectivity index (χ2v) is 10.2. The predicted molar refractivity (Wildman–Crippen MR) is 140 cm³/mol. The number of halogens is 2. The molecule has 1 fully saturated rings. The van der Waals surface area contributed by atoms with Gasteiger partial charge in [0.05, 0.1) is 0 Å². The van der Waals surface area contributed by atoms with Gasteiger partial charge in [0.2, 0.25) is 5.76 Å². The van der Waals surface area contributed by atoms with Crippen molar-refractivity contribution in [1.82, 2.24) is 9.80 Å². The molecule has 1 saturated heterocycles. The van der Waals surface area contributed by atoms with Crippen LogP contribution in [0.15, 0.2) is 64.5 Å². The molecule has 0 unspecified atom stereocenters. The molecular formula is C25H28BrClN4O4. The molecule has 0 saturated carbocycles. The highest BCUT2D eigenvalue weighted by atomic mass is 79.9. The van der Waals surface area contributed by atoms with E-state index in [4.69, 9.17) is 26.5 Å². The van der Waals surface area contributed by atoms with Crippen LogP contribution in [0.4, 0.5) is 10.5 Å². The number of nitrogens with zero attached hydrogens (tertiary/aromatic N) is 2. The van der Waals surface area contributed by atoms with Crippen LogP contribution in [-0.4, -0.2) is 59.8 Å². The third kappa shape index (κ3) is 7.73. The number of hydrogen-bond acceptors (Lipinski definition) is 6. The van der Waals surface area contributed by atoms with Crippen LogP contribution in [-0.2, 0) is 9.53 Å². The van der Waals surface area contributed by atoms with Crippen molar-refractivity contribution in [1.29, 1.82) is 5.41 Å². The van der Waals surface area contributed by atoms with Crippen molar-refractivity contribution in [2.24, 2.45) is 0 Å². The van der Waals surface area contributed by atoms with Gasteiger partial charge in [-0.15, -0.1) is 0 Å². The Morgan fingerprint density at radius 1 is 1.00 bits per heavy atom. The number of carbonyl (C=O) groups excluding carboxylic acids is 2. The summed E-state index contributed by atoms with van der Waals surface area (Å²) in [5.41, 5.74) is 0.262. The molecular weight excluding hydrogens is 536 g/mol. The van der Waals surface area contributed by atoms with Crippen LogP contribution in [0.25, 0.3) is 0 Å². The molecule has 1 aliphatic rings. The lowest BCUT2D eigenvalue weighted by Gasteiger charge is -2.37. The Morgan fingerprint density at radius 3 is 2.11 bits per heavy atom. The first-order valence-electron chi connectivity index (χ1n) is 11.0. The van der Waals surface area contributed by atoms with Crippen LogP contribution in [0.3, 0.4) is 0 Å². The number of hydrogen-bond donors (Lipinski definition) is 2. The van der Waals surface area contributed by atoms with Crippen molar-refractivity contribution in [3.8, 4) is 5.75 Å². The second kappa shape index (κ2) is 11.6. The van der Waals surface area contributed by atoms with Gasteiger partial charge in [0.25, 0.3) is 5.91 Å². The van der Waals surface area contributed by atoms with Gasteiger partial charge in [-0.1, -0.05) is 27.5 Å². The predicted octanol–water partition coefficient (Wildman–Crippen LogP) is 5.53. The van der Waals surface area contributed by atoms with E-state index in [0.717, 1.165) is 10.7 Å². The van der Waals surface area contributed by atoms with E-state index in [-0.39, 0.29) is 11.9 Å². The topological polar surface area (TPSA) is 95.0 Å². The average Bonchev–Trinajstić information content (AvgIpc) is 2.81. The average molecular weight is 564 g/mol. The Kier molecular flexibility index (Phi) is 8.80. The maximum Gasteiger partial charge on any atom is 0.410 e. The number of allylic oxidation sites excluding steroid dienone is 1. The summed E-state index contributed by atoms with van der Waals surface area (Å²) < 4.78 is 12.3. The van der Waals surface area contributed by atoms with E-state index < -0.39 is 11.5 Å². The molecule has 2 aromatic carbocycles. The van der Waals surface area contributed by atoms with Crippen LogP contribution in [0.5, 0.6) is 5.75 Å². The van der Waals surface area contributed by atoms with Crippen molar-refractivity contribution in [2.45, 2.75) is 26.4 Å². The second-order valence-electron chi connectivity index (χ2n) is 8.83. The molecule has 35 heavy (non-hydrogen) atoms. The van der Waals surface area contributed by atoms with Gasteiger partial charge in [0, 0.05) is 47.6 Å². The normalized spacial score (nSPS) is 14.7. The smallest absolute Gasteiger partial charge is 0.410 e. The lowest BCUT2D eigenvalue weighted by atomic mass is 10.2. The summed E-state index contributed by atoms with van der Waals surface area (Å²) >= 11 is 9.34. The van der Waals surface area contributed by atoms with E-state index in [1.165, 1.54) is 0 Å². The maximum atomic E-state index is 13.3. The summed E-state index contributed by atoms with van der Waals surface area (Å²) in [6.07, 6.45) is 0.711. The fourth-order valence-corrected chi connectivity index (χ4v) is 3.70. The molecule has 0 spiro atoms. The van der Waals surface area contributed by atoms with Gasteiger partial charge in [-0.2, -0.15) is 0 Å². The minimum absolute atomic E-state index is 0.0250. The summed E-state index contributed by atoms with van der Waals surface area (Å²) in [6, 6.07) is 13.8. The standard InChI is InChI=1S/C25H28BrClN4O4/c1-25(2,3)35-24(33)31-14-12-30(13-15-31)21(16-28)22(34-20-10-4-17(26)5-11-20)23(32)29-19-8-6-18(27)7-9-19/h4-11,16,28H,12-15H2,1-3H3,(H,29,32)/b22-21-,28-16?. The molecule has 2 N–H and O–H groups in total. The number of piperazine rings is 1. The number of nitrogens with one attached hydrogen (secondary N) is 2. The minimum Gasteiger partial charge on any atom is -0.449 e. The summed E-state index contributed by atoms with van der Waals surface area (Å²) in [6.45, 7) is 7.05. The van der Waals surface area contributed by atoms with Gasteiger partial charge in [0.15, 0.2) is 0 Å². The lowest BCUT2D eigenvalue weighted by Crippen LogP contribution is -2.50. The zero-order chi connectivity index (χ0) is 25.6. The van der Waals surface area contributed by atoms with Gasteiger partial charge < -0.3 is 30.0 Å².